The largest absolute Gasteiger partial charge is 0.475 e. The normalized spacial score (nSPS) is 12.5. The van der Waals surface area contributed by atoms with Gasteiger partial charge in [0.1, 0.15) is 11.6 Å². The first kappa shape index (κ1) is 17.5. The quantitative estimate of drug-likeness (QED) is 0.864. The molecule has 8 nitrogen and oxygen atoms in total. The van der Waals surface area contributed by atoms with Crippen molar-refractivity contribution >= 4 is 12.1 Å². The molecule has 2 N–H and O–H groups in total. The molecule has 1 aromatic heterocycles. The summed E-state index contributed by atoms with van der Waals surface area (Å²) in [5, 5.41) is 14.9. The predicted octanol–water partition coefficient (Wildman–Crippen LogP) is 2.58. The molecule has 128 valence electrons. The van der Waals surface area contributed by atoms with Crippen LogP contribution >= 0.6 is 0 Å². The Morgan fingerprint density at radius 1 is 1.29 bits per heavy atom. The fourth-order valence-corrected chi connectivity index (χ4v) is 1.96. The van der Waals surface area contributed by atoms with Crippen LogP contribution in [0.25, 0.3) is 0 Å². The molecule has 0 bridgehead atoms. The van der Waals surface area contributed by atoms with Gasteiger partial charge in [-0.15, -0.1) is 0 Å². The summed E-state index contributed by atoms with van der Waals surface area (Å²) in [5.74, 6) is -1.77. The van der Waals surface area contributed by atoms with E-state index in [0.717, 1.165) is 5.56 Å². The number of alkyl carbamates (subject to hydrolysis) is 1. The topological polar surface area (TPSA) is 115 Å². The molecule has 0 radical (unpaired) electrons. The van der Waals surface area contributed by atoms with Gasteiger partial charge >= 0.3 is 12.1 Å². The summed E-state index contributed by atoms with van der Waals surface area (Å²) in [6, 6.07) is 8.63. The van der Waals surface area contributed by atoms with Crippen LogP contribution < -0.4 is 5.32 Å². The Hall–Kier alpha value is -2.90. The minimum absolute atomic E-state index is 0.00196. The molecule has 24 heavy (non-hydrogen) atoms. The SMILES string of the molecule is CC(C)(C)OC(=O)N[C@@H](Cc1ccccc1)c1nc(C(=O)O)no1. The lowest BCUT2D eigenvalue weighted by atomic mass is 10.1. The lowest BCUT2D eigenvalue weighted by Crippen LogP contribution is -2.36. The van der Waals surface area contributed by atoms with Crippen LogP contribution in [0.4, 0.5) is 4.79 Å². The summed E-state index contributed by atoms with van der Waals surface area (Å²) in [4.78, 5) is 26.7. The van der Waals surface area contributed by atoms with Gasteiger partial charge in [-0.1, -0.05) is 30.3 Å². The molecule has 0 aliphatic heterocycles. The van der Waals surface area contributed by atoms with Gasteiger partial charge in [0.25, 0.3) is 5.82 Å². The van der Waals surface area contributed by atoms with Crippen molar-refractivity contribution in [1.29, 1.82) is 0 Å². The first-order chi connectivity index (χ1) is 11.2. The highest BCUT2D eigenvalue weighted by Crippen LogP contribution is 2.18. The number of ether oxygens (including phenoxy) is 1. The second kappa shape index (κ2) is 7.12. The van der Waals surface area contributed by atoms with Crippen LogP contribution in [-0.4, -0.2) is 32.9 Å². The number of nitrogens with zero attached hydrogens (tertiary/aromatic N) is 2. The second-order valence-electron chi connectivity index (χ2n) is 6.15. The van der Waals surface area contributed by atoms with Crippen molar-refractivity contribution < 1.29 is 24.0 Å². The number of aromatic carboxylic acids is 1. The van der Waals surface area contributed by atoms with Crippen LogP contribution in [0.5, 0.6) is 0 Å². The molecule has 0 fully saturated rings. The molecule has 8 heteroatoms. The van der Waals surface area contributed by atoms with E-state index >= 15 is 0 Å². The Morgan fingerprint density at radius 2 is 1.96 bits per heavy atom. The number of amides is 1. The van der Waals surface area contributed by atoms with E-state index in [1.807, 2.05) is 30.3 Å². The molecule has 1 aromatic carbocycles. The standard InChI is InChI=1S/C16H19N3O5/c1-16(2,3)23-15(22)17-11(9-10-7-5-4-6-8-10)13-18-12(14(20)21)19-24-13/h4-8,11H,9H2,1-3H3,(H,17,22)(H,20,21)/t11-/m0/s1. The number of hydrogen-bond acceptors (Lipinski definition) is 6. The third-order valence-corrected chi connectivity index (χ3v) is 2.90. The van der Waals surface area contributed by atoms with E-state index < -0.39 is 29.5 Å². The van der Waals surface area contributed by atoms with Gasteiger partial charge in [-0.25, -0.2) is 9.59 Å². The zero-order valence-corrected chi connectivity index (χ0v) is 13.6. The predicted molar refractivity (Wildman–Crippen MR) is 83.5 cm³/mol. The summed E-state index contributed by atoms with van der Waals surface area (Å²) in [6.45, 7) is 5.23. The van der Waals surface area contributed by atoms with Crippen LogP contribution in [0.2, 0.25) is 0 Å². The maximum absolute atomic E-state index is 12.0. The first-order valence-electron chi connectivity index (χ1n) is 7.35. The number of carbonyl (C=O) groups is 2. The van der Waals surface area contributed by atoms with Gasteiger partial charge in [-0.2, -0.15) is 4.98 Å². The highest BCUT2D eigenvalue weighted by molar-refractivity contribution is 5.82. The molecule has 0 aliphatic rings. The van der Waals surface area contributed by atoms with Crippen LogP contribution in [0.1, 0.15) is 48.9 Å². The van der Waals surface area contributed by atoms with E-state index in [-0.39, 0.29) is 5.89 Å². The van der Waals surface area contributed by atoms with Crippen molar-refractivity contribution in [2.45, 2.75) is 38.8 Å². The van der Waals surface area contributed by atoms with Gasteiger partial charge in [0.15, 0.2) is 0 Å². The van der Waals surface area contributed by atoms with Crippen LogP contribution in [-0.2, 0) is 11.2 Å². The maximum Gasteiger partial charge on any atom is 0.408 e. The van der Waals surface area contributed by atoms with E-state index in [9.17, 15) is 9.59 Å². The number of carboxylic acid groups (broad SMARTS) is 1. The molecular weight excluding hydrogens is 314 g/mol. The van der Waals surface area contributed by atoms with Crippen LogP contribution in [0, 0.1) is 0 Å². The number of hydrogen-bond donors (Lipinski definition) is 2. The highest BCUT2D eigenvalue weighted by atomic mass is 16.6. The molecule has 0 aliphatic carbocycles. The molecule has 0 saturated heterocycles. The van der Waals surface area contributed by atoms with Gasteiger partial charge < -0.3 is 19.7 Å². The van der Waals surface area contributed by atoms with Crippen molar-refractivity contribution in [1.82, 2.24) is 15.5 Å². The number of rotatable bonds is 5. The number of nitrogens with one attached hydrogen (secondary N) is 1. The Morgan fingerprint density at radius 3 is 2.50 bits per heavy atom. The molecule has 2 rings (SSSR count). The molecule has 1 amide bonds. The molecule has 0 spiro atoms. The zero-order chi connectivity index (χ0) is 17.7. The third-order valence-electron chi connectivity index (χ3n) is 2.90. The number of aromatic nitrogens is 2. The second-order valence-corrected chi connectivity index (χ2v) is 6.15. The van der Waals surface area contributed by atoms with Gasteiger partial charge in [0.05, 0.1) is 0 Å². The first-order valence-corrected chi connectivity index (χ1v) is 7.35. The Balaban J connectivity index is 2.20. The summed E-state index contributed by atoms with van der Waals surface area (Å²) in [6.07, 6.45) is -0.306. The smallest absolute Gasteiger partial charge is 0.408 e. The van der Waals surface area contributed by atoms with Crippen molar-refractivity contribution in [2.24, 2.45) is 0 Å². The summed E-state index contributed by atoms with van der Waals surface area (Å²) >= 11 is 0. The van der Waals surface area contributed by atoms with Gasteiger partial charge in [0, 0.05) is 6.42 Å². The van der Waals surface area contributed by atoms with E-state index in [4.69, 9.17) is 14.4 Å². The van der Waals surface area contributed by atoms with Crippen molar-refractivity contribution in [3.63, 3.8) is 0 Å². The highest BCUT2D eigenvalue weighted by Gasteiger charge is 2.26. The van der Waals surface area contributed by atoms with Crippen molar-refractivity contribution in [3.05, 3.63) is 47.6 Å². The number of benzene rings is 1. The lowest BCUT2D eigenvalue weighted by molar-refractivity contribution is 0.0493. The van der Waals surface area contributed by atoms with Crippen LogP contribution in [0.15, 0.2) is 34.9 Å². The minimum Gasteiger partial charge on any atom is -0.475 e. The molecule has 1 atom stereocenters. The maximum atomic E-state index is 12.0. The average molecular weight is 333 g/mol. The molecule has 2 aromatic rings. The van der Waals surface area contributed by atoms with Gasteiger partial charge in [-0.05, 0) is 31.5 Å². The molecule has 0 unspecified atom stereocenters. The Labute approximate surface area is 138 Å². The number of carboxylic acids is 1. The Bertz CT molecular complexity index is 706. The Kier molecular flexibility index (Phi) is 5.18. The van der Waals surface area contributed by atoms with Crippen molar-refractivity contribution in [3.8, 4) is 0 Å². The monoisotopic (exact) mass is 333 g/mol. The van der Waals surface area contributed by atoms with Crippen LogP contribution in [0.3, 0.4) is 0 Å². The zero-order valence-electron chi connectivity index (χ0n) is 13.6. The minimum atomic E-state index is -1.30. The fourth-order valence-electron chi connectivity index (χ4n) is 1.96. The fraction of sp³-hybridized carbons (Fsp3) is 0.375. The van der Waals surface area contributed by atoms with E-state index in [1.165, 1.54) is 0 Å². The van der Waals surface area contributed by atoms with Gasteiger partial charge in [-0.3, -0.25) is 0 Å². The van der Waals surface area contributed by atoms with E-state index in [1.54, 1.807) is 20.8 Å². The summed E-state index contributed by atoms with van der Waals surface area (Å²) in [7, 11) is 0. The number of carbonyl (C=O) groups excluding carboxylic acids is 1. The van der Waals surface area contributed by atoms with E-state index in [0.29, 0.717) is 6.42 Å². The summed E-state index contributed by atoms with van der Waals surface area (Å²) in [5.41, 5.74) is 0.247. The van der Waals surface area contributed by atoms with E-state index in [2.05, 4.69) is 15.5 Å². The molecule has 0 saturated carbocycles. The molecule has 1 heterocycles. The third kappa shape index (κ3) is 5.08. The average Bonchev–Trinajstić information content (AvgIpc) is 2.95. The molecular formula is C16H19N3O5. The van der Waals surface area contributed by atoms with Gasteiger partial charge in [0.2, 0.25) is 5.89 Å². The van der Waals surface area contributed by atoms with Crippen molar-refractivity contribution in [2.75, 3.05) is 0 Å². The lowest BCUT2D eigenvalue weighted by Gasteiger charge is -2.22. The summed E-state index contributed by atoms with van der Waals surface area (Å²) < 4.78 is 10.2.